The van der Waals surface area contributed by atoms with Crippen molar-refractivity contribution in [2.75, 3.05) is 5.43 Å². The van der Waals surface area contributed by atoms with Gasteiger partial charge in [0.05, 0.1) is 5.39 Å². The number of fused-ring (bicyclic) bond motifs is 1. The Kier molecular flexibility index (Phi) is 3.14. The number of hydrogen-bond donors (Lipinski definition) is 2. The summed E-state index contributed by atoms with van der Waals surface area (Å²) in [4.78, 5) is 14.1. The quantitative estimate of drug-likeness (QED) is 0.562. The molecule has 7 heteroatoms. The fourth-order valence-corrected chi connectivity index (χ4v) is 2.78. The maximum Gasteiger partial charge on any atom is 0.240 e. The Balaban J connectivity index is 2.22. The summed E-state index contributed by atoms with van der Waals surface area (Å²) >= 11 is 1.57. The molecule has 0 radical (unpaired) electrons. The molecule has 0 atom stereocenters. The molecule has 3 heterocycles. The Labute approximate surface area is 114 Å². The van der Waals surface area contributed by atoms with E-state index < -0.39 is 0 Å². The number of aromatic nitrogens is 4. The Morgan fingerprint density at radius 2 is 2.32 bits per heavy atom. The number of aryl methyl sites for hydroxylation is 1. The van der Waals surface area contributed by atoms with Crippen LogP contribution >= 0.6 is 11.3 Å². The lowest BCUT2D eigenvalue weighted by molar-refractivity contribution is 0.800. The van der Waals surface area contributed by atoms with E-state index in [2.05, 4.69) is 27.3 Å². The second-order valence-corrected chi connectivity index (χ2v) is 5.01. The van der Waals surface area contributed by atoms with Gasteiger partial charge in [0.15, 0.2) is 5.82 Å². The lowest BCUT2D eigenvalue weighted by Gasteiger charge is -2.09. The van der Waals surface area contributed by atoms with Crippen LogP contribution in [-0.4, -0.2) is 19.5 Å². The lowest BCUT2D eigenvalue weighted by atomic mass is 10.3. The van der Waals surface area contributed by atoms with Crippen LogP contribution in [0.15, 0.2) is 23.8 Å². The van der Waals surface area contributed by atoms with Crippen LogP contribution in [0.4, 0.5) is 5.95 Å². The van der Waals surface area contributed by atoms with Crippen LogP contribution in [0, 0.1) is 0 Å². The number of imidazole rings is 1. The maximum absolute atomic E-state index is 5.43. The van der Waals surface area contributed by atoms with E-state index in [1.807, 2.05) is 22.2 Å². The monoisotopic (exact) mass is 274 g/mol. The average Bonchev–Trinajstić information content (AvgIpc) is 3.06. The molecule has 0 saturated heterocycles. The van der Waals surface area contributed by atoms with Crippen molar-refractivity contribution in [1.29, 1.82) is 0 Å². The molecule has 0 fully saturated rings. The number of nitrogens with one attached hydrogen (secondary N) is 1. The van der Waals surface area contributed by atoms with E-state index in [4.69, 9.17) is 5.84 Å². The van der Waals surface area contributed by atoms with E-state index in [0.29, 0.717) is 5.95 Å². The van der Waals surface area contributed by atoms with Gasteiger partial charge in [-0.25, -0.2) is 15.8 Å². The van der Waals surface area contributed by atoms with Crippen LogP contribution in [0.2, 0.25) is 0 Å². The first-order valence-electron chi connectivity index (χ1n) is 6.08. The van der Waals surface area contributed by atoms with Crippen LogP contribution in [0.25, 0.3) is 16.0 Å². The van der Waals surface area contributed by atoms with Crippen LogP contribution in [0.5, 0.6) is 0 Å². The third-order valence-corrected chi connectivity index (χ3v) is 3.66. The Morgan fingerprint density at radius 3 is 3.11 bits per heavy atom. The molecular formula is C12H14N6S. The van der Waals surface area contributed by atoms with E-state index >= 15 is 0 Å². The molecule has 3 aromatic rings. The van der Waals surface area contributed by atoms with Gasteiger partial charge in [-0.05, 0) is 17.9 Å². The largest absolute Gasteiger partial charge is 0.292 e. The fourth-order valence-electron chi connectivity index (χ4n) is 2.02. The molecule has 0 aliphatic rings. The number of hydrogen-bond acceptors (Lipinski definition) is 6. The molecule has 0 aliphatic heterocycles. The second-order valence-electron chi connectivity index (χ2n) is 4.12. The van der Waals surface area contributed by atoms with Gasteiger partial charge in [-0.3, -0.25) is 9.99 Å². The van der Waals surface area contributed by atoms with Gasteiger partial charge in [-0.15, -0.1) is 11.3 Å². The van der Waals surface area contributed by atoms with E-state index in [1.54, 1.807) is 17.5 Å². The third-order valence-electron chi connectivity index (χ3n) is 2.85. The van der Waals surface area contributed by atoms with Gasteiger partial charge in [0.2, 0.25) is 5.95 Å². The van der Waals surface area contributed by atoms with Crippen molar-refractivity contribution in [2.45, 2.75) is 19.8 Å². The Morgan fingerprint density at radius 1 is 1.42 bits per heavy atom. The van der Waals surface area contributed by atoms with Crippen molar-refractivity contribution >= 4 is 27.5 Å². The van der Waals surface area contributed by atoms with Gasteiger partial charge in [0, 0.05) is 18.8 Å². The number of anilines is 1. The summed E-state index contributed by atoms with van der Waals surface area (Å²) in [5.74, 6) is 7.67. The van der Waals surface area contributed by atoms with Crippen molar-refractivity contribution < 1.29 is 0 Å². The predicted octanol–water partition coefficient (Wildman–Crippen LogP) is 2.12. The summed E-state index contributed by atoms with van der Waals surface area (Å²) in [7, 11) is 0. The molecule has 3 rings (SSSR count). The van der Waals surface area contributed by atoms with Gasteiger partial charge in [-0.2, -0.15) is 4.98 Å². The summed E-state index contributed by atoms with van der Waals surface area (Å²) < 4.78 is 2.00. The molecule has 0 aromatic carbocycles. The Hall–Kier alpha value is -1.99. The van der Waals surface area contributed by atoms with Gasteiger partial charge >= 0.3 is 0 Å². The number of rotatable bonds is 4. The van der Waals surface area contributed by atoms with Gasteiger partial charge in [0.25, 0.3) is 0 Å². The summed E-state index contributed by atoms with van der Waals surface area (Å²) in [5.41, 5.74) is 2.51. The number of nitrogens with zero attached hydrogens (tertiary/aromatic N) is 4. The zero-order valence-electron chi connectivity index (χ0n) is 10.5. The van der Waals surface area contributed by atoms with E-state index in [1.165, 1.54) is 0 Å². The maximum atomic E-state index is 5.43. The minimum atomic E-state index is 0.418. The molecule has 0 unspecified atom stereocenters. The molecule has 0 amide bonds. The molecule has 19 heavy (non-hydrogen) atoms. The highest BCUT2D eigenvalue weighted by molar-refractivity contribution is 7.16. The average molecular weight is 274 g/mol. The van der Waals surface area contributed by atoms with Crippen LogP contribution in [-0.2, 0) is 6.42 Å². The Bertz CT molecular complexity index is 701. The van der Waals surface area contributed by atoms with Crippen molar-refractivity contribution in [3.05, 3.63) is 29.7 Å². The summed E-state index contributed by atoms with van der Waals surface area (Å²) in [6.07, 6.45) is 5.66. The molecule has 6 nitrogen and oxygen atoms in total. The molecule has 0 bridgehead atoms. The first-order chi connectivity index (χ1) is 9.33. The molecule has 3 aromatic heterocycles. The highest BCUT2D eigenvalue weighted by atomic mass is 32.1. The predicted molar refractivity (Wildman–Crippen MR) is 76.3 cm³/mol. The van der Waals surface area contributed by atoms with E-state index in [0.717, 1.165) is 34.7 Å². The zero-order valence-corrected chi connectivity index (χ0v) is 11.3. The minimum absolute atomic E-state index is 0.418. The van der Waals surface area contributed by atoms with Gasteiger partial charge in [-0.1, -0.05) is 6.92 Å². The third kappa shape index (κ3) is 2.06. The first kappa shape index (κ1) is 12.1. The smallest absolute Gasteiger partial charge is 0.240 e. The van der Waals surface area contributed by atoms with E-state index in [9.17, 15) is 0 Å². The highest BCUT2D eigenvalue weighted by Crippen LogP contribution is 2.26. The van der Waals surface area contributed by atoms with E-state index in [-0.39, 0.29) is 0 Å². The van der Waals surface area contributed by atoms with Crippen LogP contribution in [0.3, 0.4) is 0 Å². The summed E-state index contributed by atoms with van der Waals surface area (Å²) in [5, 5.41) is 3.01. The van der Waals surface area contributed by atoms with Crippen LogP contribution in [0.1, 0.15) is 19.2 Å². The second kappa shape index (κ2) is 4.94. The fraction of sp³-hybridized carbons (Fsp3) is 0.250. The zero-order chi connectivity index (χ0) is 13.2. The highest BCUT2D eigenvalue weighted by Gasteiger charge is 2.12. The number of nitrogens with two attached hydrogens (primary N) is 1. The first-order valence-corrected chi connectivity index (χ1v) is 6.96. The lowest BCUT2D eigenvalue weighted by Crippen LogP contribution is -2.12. The van der Waals surface area contributed by atoms with Crippen molar-refractivity contribution in [2.24, 2.45) is 5.84 Å². The summed E-state index contributed by atoms with van der Waals surface area (Å²) in [6.45, 7) is 2.13. The molecular weight excluding hydrogens is 260 g/mol. The van der Waals surface area contributed by atoms with Crippen LogP contribution < -0.4 is 11.3 Å². The van der Waals surface area contributed by atoms with Gasteiger partial charge < -0.3 is 0 Å². The molecule has 3 N–H and O–H groups in total. The molecule has 0 spiro atoms. The summed E-state index contributed by atoms with van der Waals surface area (Å²) in [6, 6.07) is 2.02. The van der Waals surface area contributed by atoms with Gasteiger partial charge in [0.1, 0.15) is 10.7 Å². The molecule has 0 aliphatic carbocycles. The van der Waals surface area contributed by atoms with Crippen molar-refractivity contribution in [3.8, 4) is 5.82 Å². The number of hydrazine groups is 1. The normalized spacial score (nSPS) is 11.1. The molecule has 98 valence electrons. The van der Waals surface area contributed by atoms with Crippen molar-refractivity contribution in [3.63, 3.8) is 0 Å². The van der Waals surface area contributed by atoms with Crippen molar-refractivity contribution in [1.82, 2.24) is 19.5 Å². The topological polar surface area (TPSA) is 81.7 Å². The molecule has 0 saturated carbocycles. The number of thiophene rings is 1. The minimum Gasteiger partial charge on any atom is -0.292 e. The number of nitrogen functional groups attached to an aromatic ring is 1. The SMILES string of the molecule is CCCc1nccn1-c1nc(NN)nc2sccc12. The standard InChI is InChI=1S/C12H14N6S/c1-2-3-9-14-5-6-18(9)10-8-4-7-19-11(8)16-12(15-10)17-13/h4-7H,2-3,13H2,1H3,(H,15,16,17).